The highest BCUT2D eigenvalue weighted by Crippen LogP contribution is 2.15. The molecular formula is C17H22N2O2. The Balaban J connectivity index is 0.000000423. The zero-order valence-electron chi connectivity index (χ0n) is 12.3. The van der Waals surface area contributed by atoms with E-state index in [2.05, 4.69) is 5.32 Å². The van der Waals surface area contributed by atoms with E-state index in [0.717, 1.165) is 17.0 Å². The van der Waals surface area contributed by atoms with E-state index in [-0.39, 0.29) is 7.33 Å². The van der Waals surface area contributed by atoms with Gasteiger partial charge < -0.3 is 15.5 Å². The minimum atomic E-state index is -0.0656. The summed E-state index contributed by atoms with van der Waals surface area (Å²) in [6, 6.07) is 16.8. The van der Waals surface area contributed by atoms with Crippen molar-refractivity contribution in [1.82, 2.24) is 0 Å². The van der Waals surface area contributed by atoms with Gasteiger partial charge in [-0.1, -0.05) is 30.3 Å². The molecule has 0 aromatic heterocycles. The van der Waals surface area contributed by atoms with E-state index in [1.165, 1.54) is 13.1 Å². The minimum Gasteiger partial charge on any atom is -0.494 e. The lowest BCUT2D eigenvalue weighted by atomic mass is 10.2. The van der Waals surface area contributed by atoms with Crippen LogP contribution in [-0.2, 0) is 4.79 Å². The molecule has 4 heteroatoms. The summed E-state index contributed by atoms with van der Waals surface area (Å²) in [5.74, 6) is 0.751. The van der Waals surface area contributed by atoms with Gasteiger partial charge in [0.2, 0.25) is 5.91 Å². The van der Waals surface area contributed by atoms with E-state index in [1.54, 1.807) is 0 Å². The lowest BCUT2D eigenvalue weighted by molar-refractivity contribution is -0.114. The van der Waals surface area contributed by atoms with Crippen LogP contribution in [-0.4, -0.2) is 18.7 Å². The molecule has 2 N–H and O–H groups in total. The van der Waals surface area contributed by atoms with Crippen LogP contribution in [0.4, 0.5) is 5.69 Å². The van der Waals surface area contributed by atoms with Gasteiger partial charge in [-0.05, 0) is 36.8 Å². The Morgan fingerprint density at radius 2 is 1.81 bits per heavy atom. The maximum atomic E-state index is 10.7. The number of nitrogens with one attached hydrogen (secondary N) is 2. The first-order chi connectivity index (χ1) is 10.2. The van der Waals surface area contributed by atoms with Gasteiger partial charge in [0.25, 0.3) is 0 Å². The third kappa shape index (κ3) is 6.92. The number of ether oxygens (including phenoxy) is 1. The molecule has 4 nitrogen and oxygen atoms in total. The van der Waals surface area contributed by atoms with Gasteiger partial charge in [-0.15, -0.1) is 0 Å². The van der Waals surface area contributed by atoms with Gasteiger partial charge in [0.15, 0.2) is 0 Å². The number of anilines is 1. The third-order valence-corrected chi connectivity index (χ3v) is 2.45. The number of hydrogen-bond donors (Lipinski definition) is 2. The molecule has 2 rings (SSSR count). The van der Waals surface area contributed by atoms with Crippen LogP contribution in [0.25, 0.3) is 0 Å². The predicted octanol–water partition coefficient (Wildman–Crippen LogP) is 3.97. The summed E-state index contributed by atoms with van der Waals surface area (Å²) in [7, 11) is 0. The molecule has 2 aromatic rings. The maximum absolute atomic E-state index is 10.7. The second kappa shape index (κ2) is 9.31. The Morgan fingerprint density at radius 3 is 2.24 bits per heavy atom. The molecule has 1 amide bonds. The molecule has 0 aliphatic rings. The van der Waals surface area contributed by atoms with Crippen molar-refractivity contribution in [3.05, 3.63) is 60.2 Å². The van der Waals surface area contributed by atoms with E-state index in [0.29, 0.717) is 6.61 Å². The zero-order chi connectivity index (χ0) is 15.5. The zero-order valence-corrected chi connectivity index (χ0v) is 12.3. The second-order valence-electron chi connectivity index (χ2n) is 4.19. The molecule has 0 saturated carbocycles. The van der Waals surface area contributed by atoms with Gasteiger partial charge in [0.05, 0.1) is 6.61 Å². The van der Waals surface area contributed by atoms with Crippen molar-refractivity contribution in [2.75, 3.05) is 11.9 Å². The summed E-state index contributed by atoms with van der Waals surface area (Å²) in [6.07, 6.45) is 1.33. The molecule has 112 valence electrons. The molecule has 0 saturated heterocycles. The van der Waals surface area contributed by atoms with Crippen molar-refractivity contribution < 1.29 is 11.0 Å². The molecule has 0 heterocycles. The van der Waals surface area contributed by atoms with Crippen LogP contribution < -0.4 is 10.1 Å². The molecule has 0 spiro atoms. The highest BCUT2D eigenvalue weighted by atomic mass is 16.5. The first kappa shape index (κ1) is 16.4. The monoisotopic (exact) mass is 286 g/mol. The summed E-state index contributed by atoms with van der Waals surface area (Å²) >= 11 is 0. The molecule has 0 aliphatic carbocycles. The van der Waals surface area contributed by atoms with Gasteiger partial charge >= 0.3 is 0 Å². The van der Waals surface area contributed by atoms with Gasteiger partial charge in [0, 0.05) is 20.3 Å². The van der Waals surface area contributed by atoms with Crippen LogP contribution in [0.1, 0.15) is 20.8 Å². The number of benzene rings is 2. The molecule has 21 heavy (non-hydrogen) atoms. The average molecular weight is 286 g/mol. The number of hydrogen-bond acceptors (Lipinski definition) is 3. The standard InChI is InChI=1S/C10H13NO2.C7H7N.H2/c1-3-13-10-6-4-9(5-7-10)11-8(2)12;8-6-7-4-2-1-3-5-7;/h4-7H,3H2,1-2H3,(H,11,12);1-6,8H;1H. The van der Waals surface area contributed by atoms with Gasteiger partial charge in [-0.2, -0.15) is 0 Å². The molecule has 0 fully saturated rings. The Bertz CT molecular complexity index is 557. The van der Waals surface area contributed by atoms with E-state index >= 15 is 0 Å². The van der Waals surface area contributed by atoms with E-state index in [1.807, 2.05) is 61.5 Å². The van der Waals surface area contributed by atoms with Gasteiger partial charge in [-0.3, -0.25) is 4.79 Å². The van der Waals surface area contributed by atoms with Crippen molar-refractivity contribution in [3.63, 3.8) is 0 Å². The summed E-state index contributed by atoms with van der Waals surface area (Å²) in [4.78, 5) is 10.7. The lowest BCUT2D eigenvalue weighted by Crippen LogP contribution is -2.05. The smallest absolute Gasteiger partial charge is 0.221 e. The van der Waals surface area contributed by atoms with E-state index in [4.69, 9.17) is 10.1 Å². The van der Waals surface area contributed by atoms with Crippen LogP contribution in [0, 0.1) is 5.41 Å². The highest BCUT2D eigenvalue weighted by Gasteiger charge is 1.95. The van der Waals surface area contributed by atoms with Crippen molar-refractivity contribution in [2.24, 2.45) is 0 Å². The Kier molecular flexibility index (Phi) is 7.29. The third-order valence-electron chi connectivity index (χ3n) is 2.45. The number of rotatable bonds is 4. The maximum Gasteiger partial charge on any atom is 0.221 e. The SMILES string of the molecule is CCOc1ccc(NC(C)=O)cc1.N=Cc1ccccc1.[HH]. The normalized spacial score (nSPS) is 9.05. The minimum absolute atomic E-state index is 0. The number of carbonyl (C=O) groups is 1. The van der Waals surface area contributed by atoms with Crippen LogP contribution >= 0.6 is 0 Å². The summed E-state index contributed by atoms with van der Waals surface area (Å²) in [5.41, 5.74) is 1.74. The Hall–Kier alpha value is -2.62. The predicted molar refractivity (Wildman–Crippen MR) is 88.4 cm³/mol. The van der Waals surface area contributed by atoms with E-state index < -0.39 is 0 Å². The molecule has 0 bridgehead atoms. The first-order valence-corrected chi connectivity index (χ1v) is 6.71. The second-order valence-corrected chi connectivity index (χ2v) is 4.19. The lowest BCUT2D eigenvalue weighted by Gasteiger charge is -2.04. The van der Waals surface area contributed by atoms with Crippen molar-refractivity contribution in [3.8, 4) is 5.75 Å². The van der Waals surface area contributed by atoms with Crippen molar-refractivity contribution in [1.29, 1.82) is 5.41 Å². The van der Waals surface area contributed by atoms with Crippen LogP contribution in [0.3, 0.4) is 0 Å². The van der Waals surface area contributed by atoms with Gasteiger partial charge in [-0.25, -0.2) is 0 Å². The molecule has 2 aromatic carbocycles. The van der Waals surface area contributed by atoms with Crippen LogP contribution in [0.15, 0.2) is 54.6 Å². The van der Waals surface area contributed by atoms with Crippen LogP contribution in [0.5, 0.6) is 5.75 Å². The van der Waals surface area contributed by atoms with Crippen molar-refractivity contribution in [2.45, 2.75) is 13.8 Å². The topological polar surface area (TPSA) is 62.2 Å². The van der Waals surface area contributed by atoms with Crippen molar-refractivity contribution >= 4 is 17.8 Å². The van der Waals surface area contributed by atoms with Crippen LogP contribution in [0.2, 0.25) is 0 Å². The summed E-state index contributed by atoms with van der Waals surface area (Å²) in [6.45, 7) is 4.07. The fourth-order valence-corrected chi connectivity index (χ4v) is 1.55. The number of amides is 1. The molecule has 0 unspecified atom stereocenters. The fraction of sp³-hybridized carbons (Fsp3) is 0.176. The van der Waals surface area contributed by atoms with E-state index in [9.17, 15) is 4.79 Å². The van der Waals surface area contributed by atoms with Gasteiger partial charge in [0.1, 0.15) is 5.75 Å². The molecular weight excluding hydrogens is 264 g/mol. The molecule has 0 aliphatic heterocycles. The highest BCUT2D eigenvalue weighted by molar-refractivity contribution is 5.88. The number of carbonyl (C=O) groups excluding carboxylic acids is 1. The largest absolute Gasteiger partial charge is 0.494 e. The quantitative estimate of drug-likeness (QED) is 0.835. The Morgan fingerprint density at radius 1 is 1.19 bits per heavy atom. The molecule has 0 atom stereocenters. The summed E-state index contributed by atoms with van der Waals surface area (Å²) < 4.78 is 5.25. The molecule has 0 radical (unpaired) electrons. The average Bonchev–Trinajstić information content (AvgIpc) is 2.50. The Labute approximate surface area is 126 Å². The fourth-order valence-electron chi connectivity index (χ4n) is 1.55. The summed E-state index contributed by atoms with van der Waals surface area (Å²) in [5, 5.41) is 9.50. The first-order valence-electron chi connectivity index (χ1n) is 6.71.